The van der Waals surface area contributed by atoms with E-state index in [0.717, 1.165) is 43.6 Å². The molecule has 1 aromatic carbocycles. The van der Waals surface area contributed by atoms with Gasteiger partial charge < -0.3 is 15.2 Å². The topological polar surface area (TPSA) is 44.5 Å². The van der Waals surface area contributed by atoms with Gasteiger partial charge in [0, 0.05) is 35.9 Å². The highest BCUT2D eigenvalue weighted by Crippen LogP contribution is 2.47. The average molecular weight is 296 g/mol. The molecule has 0 bridgehead atoms. The van der Waals surface area contributed by atoms with Crippen LogP contribution in [0.5, 0.6) is 5.75 Å². The summed E-state index contributed by atoms with van der Waals surface area (Å²) in [5.41, 5.74) is 7.09. The van der Waals surface area contributed by atoms with Gasteiger partial charge in [-0.2, -0.15) is 0 Å². The monoisotopic (exact) mass is 295 g/mol. The maximum Gasteiger partial charge on any atom is 0.125 e. The average Bonchev–Trinajstić information content (AvgIpc) is 2.40. The van der Waals surface area contributed by atoms with Gasteiger partial charge >= 0.3 is 0 Å². The Morgan fingerprint density at radius 3 is 3.00 bits per heavy atom. The Labute approximate surface area is 125 Å². The molecule has 0 aliphatic carbocycles. The first-order valence-electron chi connectivity index (χ1n) is 7.33. The van der Waals surface area contributed by atoms with Crippen LogP contribution >= 0.6 is 11.6 Å². The molecule has 0 amide bonds. The second-order valence-electron chi connectivity index (χ2n) is 6.36. The number of rotatable bonds is 1. The standard InChI is InChI=1S/C16H22ClNO2/c1-3-15(2)10-16(6-7-19-15)9-13(18)12-8-11(17)4-5-14(12)20-16/h4-5,8,13H,3,6-7,9-10,18H2,1-2H3/t13-,15?,16?/m0/s1. The summed E-state index contributed by atoms with van der Waals surface area (Å²) in [7, 11) is 0. The molecule has 2 unspecified atom stereocenters. The van der Waals surface area contributed by atoms with E-state index < -0.39 is 0 Å². The van der Waals surface area contributed by atoms with Crippen molar-refractivity contribution in [1.29, 1.82) is 0 Å². The molecule has 2 N–H and O–H groups in total. The van der Waals surface area contributed by atoms with Gasteiger partial charge in [-0.15, -0.1) is 0 Å². The van der Waals surface area contributed by atoms with Crippen molar-refractivity contribution in [1.82, 2.24) is 0 Å². The van der Waals surface area contributed by atoms with E-state index >= 15 is 0 Å². The Morgan fingerprint density at radius 1 is 1.45 bits per heavy atom. The molecule has 2 aliphatic heterocycles. The van der Waals surface area contributed by atoms with Crippen LogP contribution in [0.3, 0.4) is 0 Å². The van der Waals surface area contributed by atoms with Crippen molar-refractivity contribution in [3.63, 3.8) is 0 Å². The summed E-state index contributed by atoms with van der Waals surface area (Å²) in [5.74, 6) is 0.883. The minimum atomic E-state index is -0.191. The van der Waals surface area contributed by atoms with Gasteiger partial charge in [0.2, 0.25) is 0 Å². The van der Waals surface area contributed by atoms with Crippen molar-refractivity contribution in [3.05, 3.63) is 28.8 Å². The van der Waals surface area contributed by atoms with E-state index in [-0.39, 0.29) is 17.2 Å². The predicted molar refractivity (Wildman–Crippen MR) is 80.2 cm³/mol. The van der Waals surface area contributed by atoms with Crippen LogP contribution in [0.15, 0.2) is 18.2 Å². The van der Waals surface area contributed by atoms with Gasteiger partial charge in [0.15, 0.2) is 0 Å². The van der Waals surface area contributed by atoms with Crippen LogP contribution in [-0.2, 0) is 4.74 Å². The molecule has 1 saturated heterocycles. The highest BCUT2D eigenvalue weighted by Gasteiger charge is 2.47. The molecule has 0 aromatic heterocycles. The Hall–Kier alpha value is -0.770. The van der Waals surface area contributed by atoms with E-state index in [2.05, 4.69) is 13.8 Å². The predicted octanol–water partition coefficient (Wildman–Crippen LogP) is 3.84. The van der Waals surface area contributed by atoms with Crippen molar-refractivity contribution in [2.75, 3.05) is 6.61 Å². The van der Waals surface area contributed by atoms with E-state index in [0.29, 0.717) is 5.02 Å². The van der Waals surface area contributed by atoms with E-state index in [4.69, 9.17) is 26.8 Å². The molecule has 110 valence electrons. The molecule has 20 heavy (non-hydrogen) atoms. The normalized spacial score (nSPS) is 36.5. The summed E-state index contributed by atoms with van der Waals surface area (Å²) < 4.78 is 12.3. The third-order valence-corrected chi connectivity index (χ3v) is 4.98. The van der Waals surface area contributed by atoms with Gasteiger partial charge in [0.1, 0.15) is 11.4 Å². The smallest absolute Gasteiger partial charge is 0.125 e. The van der Waals surface area contributed by atoms with Crippen LogP contribution in [0, 0.1) is 0 Å². The van der Waals surface area contributed by atoms with Crippen molar-refractivity contribution in [2.45, 2.75) is 56.8 Å². The number of hydrogen-bond acceptors (Lipinski definition) is 3. The maximum absolute atomic E-state index is 6.37. The summed E-state index contributed by atoms with van der Waals surface area (Å²) in [6.45, 7) is 5.07. The van der Waals surface area contributed by atoms with Gasteiger partial charge in [0.05, 0.1) is 12.2 Å². The van der Waals surface area contributed by atoms with E-state index in [1.165, 1.54) is 0 Å². The zero-order valence-electron chi connectivity index (χ0n) is 12.1. The lowest BCUT2D eigenvalue weighted by Gasteiger charge is -2.49. The quantitative estimate of drug-likeness (QED) is 0.856. The van der Waals surface area contributed by atoms with Crippen LogP contribution in [-0.4, -0.2) is 17.8 Å². The lowest BCUT2D eigenvalue weighted by atomic mass is 9.75. The molecule has 3 rings (SSSR count). The number of hydrogen-bond donors (Lipinski definition) is 1. The molecule has 2 aliphatic rings. The first-order valence-corrected chi connectivity index (χ1v) is 7.71. The Kier molecular flexibility index (Phi) is 3.47. The molecule has 4 heteroatoms. The minimum absolute atomic E-state index is 0.0170. The van der Waals surface area contributed by atoms with Crippen LogP contribution in [0.4, 0.5) is 0 Å². The van der Waals surface area contributed by atoms with Crippen LogP contribution in [0.2, 0.25) is 5.02 Å². The summed E-state index contributed by atoms with van der Waals surface area (Å²) in [6.07, 6.45) is 3.62. The zero-order valence-corrected chi connectivity index (χ0v) is 12.9. The van der Waals surface area contributed by atoms with Crippen molar-refractivity contribution >= 4 is 11.6 Å². The molecule has 3 atom stereocenters. The molecular weight excluding hydrogens is 274 g/mol. The molecule has 3 nitrogen and oxygen atoms in total. The number of halogens is 1. The highest BCUT2D eigenvalue weighted by atomic mass is 35.5. The van der Waals surface area contributed by atoms with Crippen LogP contribution < -0.4 is 10.5 Å². The number of ether oxygens (including phenoxy) is 2. The molecule has 1 fully saturated rings. The summed E-state index contributed by atoms with van der Waals surface area (Å²) in [5, 5.41) is 0.712. The van der Waals surface area contributed by atoms with Gasteiger partial charge in [-0.05, 0) is 31.5 Å². The van der Waals surface area contributed by atoms with E-state index in [1.807, 2.05) is 18.2 Å². The highest BCUT2D eigenvalue weighted by molar-refractivity contribution is 6.30. The fraction of sp³-hybridized carbons (Fsp3) is 0.625. The second-order valence-corrected chi connectivity index (χ2v) is 6.79. The molecule has 0 saturated carbocycles. The van der Waals surface area contributed by atoms with Gasteiger partial charge in [-0.3, -0.25) is 0 Å². The number of fused-ring (bicyclic) bond motifs is 1. The summed E-state index contributed by atoms with van der Waals surface area (Å²) in [6, 6.07) is 5.71. The number of benzene rings is 1. The summed E-state index contributed by atoms with van der Waals surface area (Å²) >= 11 is 6.06. The lowest BCUT2D eigenvalue weighted by molar-refractivity contribution is -0.151. The Bertz CT molecular complexity index is 521. The SMILES string of the molecule is CCC1(C)CC2(CCO1)C[C@H](N)c1cc(Cl)ccc1O2. The Balaban J connectivity index is 1.92. The first-order chi connectivity index (χ1) is 9.45. The van der Waals surface area contributed by atoms with Crippen LogP contribution in [0.25, 0.3) is 0 Å². The first kappa shape index (κ1) is 14.2. The fourth-order valence-corrected chi connectivity index (χ4v) is 3.66. The third kappa shape index (κ3) is 2.43. The number of nitrogens with two attached hydrogens (primary N) is 1. The Morgan fingerprint density at radius 2 is 2.25 bits per heavy atom. The molecule has 2 heterocycles. The fourth-order valence-electron chi connectivity index (χ4n) is 3.48. The maximum atomic E-state index is 6.37. The van der Waals surface area contributed by atoms with Crippen molar-refractivity contribution < 1.29 is 9.47 Å². The molecular formula is C16H22ClNO2. The zero-order chi connectivity index (χ0) is 14.4. The minimum Gasteiger partial charge on any atom is -0.487 e. The van der Waals surface area contributed by atoms with Gasteiger partial charge in [0.25, 0.3) is 0 Å². The van der Waals surface area contributed by atoms with Crippen molar-refractivity contribution in [2.24, 2.45) is 5.73 Å². The van der Waals surface area contributed by atoms with Gasteiger partial charge in [-0.1, -0.05) is 18.5 Å². The third-order valence-electron chi connectivity index (χ3n) is 4.74. The molecule has 0 radical (unpaired) electrons. The van der Waals surface area contributed by atoms with E-state index in [9.17, 15) is 0 Å². The lowest BCUT2D eigenvalue weighted by Crippen LogP contribution is -2.53. The second kappa shape index (κ2) is 4.90. The van der Waals surface area contributed by atoms with Crippen molar-refractivity contribution in [3.8, 4) is 5.75 Å². The molecule has 1 aromatic rings. The molecule has 1 spiro atoms. The summed E-state index contributed by atoms with van der Waals surface area (Å²) in [4.78, 5) is 0. The van der Waals surface area contributed by atoms with Gasteiger partial charge in [-0.25, -0.2) is 0 Å². The van der Waals surface area contributed by atoms with Crippen LogP contribution in [0.1, 0.15) is 51.1 Å². The van der Waals surface area contributed by atoms with E-state index in [1.54, 1.807) is 0 Å². The largest absolute Gasteiger partial charge is 0.487 e.